The van der Waals surface area contributed by atoms with Crippen molar-refractivity contribution in [1.29, 1.82) is 0 Å². The van der Waals surface area contributed by atoms with E-state index in [1.54, 1.807) is 12.1 Å². The highest BCUT2D eigenvalue weighted by molar-refractivity contribution is 6.11. The molecule has 1 aliphatic carbocycles. The summed E-state index contributed by atoms with van der Waals surface area (Å²) in [4.78, 5) is 12.3. The maximum absolute atomic E-state index is 13.8. The Kier molecular flexibility index (Phi) is 2.29. The van der Waals surface area contributed by atoms with E-state index in [2.05, 4.69) is 0 Å². The molecular formula is C15H11FO. The molecule has 2 aromatic carbocycles. The Morgan fingerprint density at radius 2 is 1.59 bits per heavy atom. The lowest BCUT2D eigenvalue weighted by Crippen LogP contribution is -2.06. The Bertz CT molecular complexity index is 602. The van der Waals surface area contributed by atoms with Crippen LogP contribution >= 0.6 is 0 Å². The van der Waals surface area contributed by atoms with E-state index in [4.69, 9.17) is 0 Å². The van der Waals surface area contributed by atoms with Gasteiger partial charge in [0.1, 0.15) is 5.82 Å². The predicted molar refractivity (Wildman–Crippen MR) is 63.7 cm³/mol. The van der Waals surface area contributed by atoms with Gasteiger partial charge in [-0.05, 0) is 30.0 Å². The van der Waals surface area contributed by atoms with E-state index in [1.807, 2.05) is 24.3 Å². The SMILES string of the molecule is O=C1c2ccccc2CCc2cccc(F)c21. The third-order valence-electron chi connectivity index (χ3n) is 3.25. The lowest BCUT2D eigenvalue weighted by atomic mass is 9.98. The molecule has 2 aromatic rings. The van der Waals surface area contributed by atoms with Crippen molar-refractivity contribution in [3.63, 3.8) is 0 Å². The smallest absolute Gasteiger partial charge is 0.196 e. The molecule has 0 unspecified atom stereocenters. The van der Waals surface area contributed by atoms with E-state index in [0.717, 1.165) is 24.0 Å². The van der Waals surface area contributed by atoms with Crippen LogP contribution in [0.15, 0.2) is 42.5 Å². The molecule has 1 nitrogen and oxygen atoms in total. The van der Waals surface area contributed by atoms with Gasteiger partial charge < -0.3 is 0 Å². The van der Waals surface area contributed by atoms with Crippen LogP contribution in [0.5, 0.6) is 0 Å². The molecule has 0 radical (unpaired) electrons. The second-order valence-electron chi connectivity index (χ2n) is 4.26. The lowest BCUT2D eigenvalue weighted by Gasteiger charge is -2.05. The molecular weight excluding hydrogens is 215 g/mol. The van der Waals surface area contributed by atoms with Crippen molar-refractivity contribution in [2.45, 2.75) is 12.8 Å². The summed E-state index contributed by atoms with van der Waals surface area (Å²) in [5, 5.41) is 0. The lowest BCUT2D eigenvalue weighted by molar-refractivity contribution is 0.103. The van der Waals surface area contributed by atoms with Crippen LogP contribution < -0.4 is 0 Å². The molecule has 0 N–H and O–H groups in total. The Hall–Kier alpha value is -1.96. The van der Waals surface area contributed by atoms with Gasteiger partial charge >= 0.3 is 0 Å². The van der Waals surface area contributed by atoms with Crippen LogP contribution in [-0.2, 0) is 12.8 Å². The van der Waals surface area contributed by atoms with Crippen LogP contribution in [0, 0.1) is 5.82 Å². The summed E-state index contributed by atoms with van der Waals surface area (Å²) in [5.41, 5.74) is 2.70. The van der Waals surface area contributed by atoms with Gasteiger partial charge in [-0.15, -0.1) is 0 Å². The van der Waals surface area contributed by atoms with Crippen molar-refractivity contribution in [3.05, 3.63) is 70.5 Å². The Morgan fingerprint density at radius 3 is 2.47 bits per heavy atom. The van der Waals surface area contributed by atoms with Gasteiger partial charge in [-0.25, -0.2) is 4.39 Å². The van der Waals surface area contributed by atoms with E-state index in [0.29, 0.717) is 5.56 Å². The third-order valence-corrected chi connectivity index (χ3v) is 3.25. The normalized spacial score (nSPS) is 13.8. The molecule has 84 valence electrons. The second-order valence-corrected chi connectivity index (χ2v) is 4.26. The number of carbonyl (C=O) groups excluding carboxylic acids is 1. The Morgan fingerprint density at radius 1 is 0.882 bits per heavy atom. The first-order valence-corrected chi connectivity index (χ1v) is 5.67. The molecule has 17 heavy (non-hydrogen) atoms. The zero-order valence-electron chi connectivity index (χ0n) is 9.24. The molecule has 0 bridgehead atoms. The van der Waals surface area contributed by atoms with Gasteiger partial charge in [0.2, 0.25) is 0 Å². The molecule has 2 heteroatoms. The first-order valence-electron chi connectivity index (χ1n) is 5.67. The average molecular weight is 226 g/mol. The minimum Gasteiger partial charge on any atom is -0.288 e. The minimum absolute atomic E-state index is 0.189. The van der Waals surface area contributed by atoms with Crippen molar-refractivity contribution in [2.24, 2.45) is 0 Å². The molecule has 0 atom stereocenters. The van der Waals surface area contributed by atoms with Crippen LogP contribution in [0.2, 0.25) is 0 Å². The fraction of sp³-hybridized carbons (Fsp3) is 0.133. The first kappa shape index (κ1) is 10.2. The number of hydrogen-bond donors (Lipinski definition) is 0. The summed E-state index contributed by atoms with van der Waals surface area (Å²) in [7, 11) is 0. The zero-order valence-corrected chi connectivity index (χ0v) is 9.24. The second kappa shape index (κ2) is 3.81. The first-order chi connectivity index (χ1) is 8.27. The van der Waals surface area contributed by atoms with Gasteiger partial charge in [0.15, 0.2) is 5.78 Å². The van der Waals surface area contributed by atoms with Crippen LogP contribution in [0.1, 0.15) is 27.0 Å². The van der Waals surface area contributed by atoms with E-state index in [9.17, 15) is 9.18 Å². The standard InChI is InChI=1S/C15H11FO/c16-13-7-3-5-11-9-8-10-4-1-2-6-12(10)15(17)14(11)13/h1-7H,8-9H2. The molecule has 0 spiro atoms. The Balaban J connectivity index is 2.26. The molecule has 0 fully saturated rings. The molecule has 0 aliphatic heterocycles. The molecule has 0 heterocycles. The number of ketones is 1. The van der Waals surface area contributed by atoms with E-state index in [-0.39, 0.29) is 11.3 Å². The highest BCUT2D eigenvalue weighted by Gasteiger charge is 2.23. The Labute approximate surface area is 98.9 Å². The van der Waals surface area contributed by atoms with Crippen molar-refractivity contribution in [3.8, 4) is 0 Å². The van der Waals surface area contributed by atoms with Gasteiger partial charge in [-0.3, -0.25) is 4.79 Å². The summed E-state index contributed by atoms with van der Waals surface area (Å²) in [6.07, 6.45) is 1.51. The average Bonchev–Trinajstić information content (AvgIpc) is 2.49. The number of fused-ring (bicyclic) bond motifs is 2. The number of rotatable bonds is 0. The van der Waals surface area contributed by atoms with Crippen LogP contribution in [-0.4, -0.2) is 5.78 Å². The summed E-state index contributed by atoms with van der Waals surface area (Å²) >= 11 is 0. The topological polar surface area (TPSA) is 17.1 Å². The summed E-state index contributed by atoms with van der Waals surface area (Å²) < 4.78 is 13.8. The van der Waals surface area contributed by atoms with Crippen LogP contribution in [0.3, 0.4) is 0 Å². The van der Waals surface area contributed by atoms with E-state index < -0.39 is 5.82 Å². The number of halogens is 1. The quantitative estimate of drug-likeness (QED) is 0.674. The fourth-order valence-corrected chi connectivity index (χ4v) is 2.40. The van der Waals surface area contributed by atoms with E-state index >= 15 is 0 Å². The fourth-order valence-electron chi connectivity index (χ4n) is 2.40. The molecule has 0 saturated heterocycles. The van der Waals surface area contributed by atoms with Crippen molar-refractivity contribution in [2.75, 3.05) is 0 Å². The van der Waals surface area contributed by atoms with Crippen LogP contribution in [0.4, 0.5) is 4.39 Å². The third kappa shape index (κ3) is 1.57. The summed E-state index contributed by atoms with van der Waals surface area (Å²) in [5.74, 6) is -0.601. The summed E-state index contributed by atoms with van der Waals surface area (Å²) in [6.45, 7) is 0. The molecule has 0 aromatic heterocycles. The van der Waals surface area contributed by atoms with Crippen LogP contribution in [0.25, 0.3) is 0 Å². The molecule has 1 aliphatic rings. The number of aryl methyl sites for hydroxylation is 2. The van der Waals surface area contributed by atoms with Gasteiger partial charge in [-0.1, -0.05) is 36.4 Å². The maximum atomic E-state index is 13.8. The van der Waals surface area contributed by atoms with Gasteiger partial charge in [0.25, 0.3) is 0 Å². The van der Waals surface area contributed by atoms with Gasteiger partial charge in [0.05, 0.1) is 5.56 Å². The maximum Gasteiger partial charge on any atom is 0.196 e. The predicted octanol–water partition coefficient (Wildman–Crippen LogP) is 3.16. The van der Waals surface area contributed by atoms with Crippen molar-refractivity contribution in [1.82, 2.24) is 0 Å². The number of benzene rings is 2. The van der Waals surface area contributed by atoms with E-state index in [1.165, 1.54) is 6.07 Å². The highest BCUT2D eigenvalue weighted by Crippen LogP contribution is 2.25. The summed E-state index contributed by atoms with van der Waals surface area (Å²) in [6, 6.07) is 12.3. The molecule has 0 amide bonds. The minimum atomic E-state index is -0.413. The van der Waals surface area contributed by atoms with Crippen molar-refractivity contribution < 1.29 is 9.18 Å². The van der Waals surface area contributed by atoms with Gasteiger partial charge in [-0.2, -0.15) is 0 Å². The number of hydrogen-bond acceptors (Lipinski definition) is 1. The monoisotopic (exact) mass is 226 g/mol. The molecule has 3 rings (SSSR count). The highest BCUT2D eigenvalue weighted by atomic mass is 19.1. The molecule has 0 saturated carbocycles. The largest absolute Gasteiger partial charge is 0.288 e. The van der Waals surface area contributed by atoms with Crippen molar-refractivity contribution >= 4 is 5.78 Å². The number of carbonyl (C=O) groups is 1. The zero-order chi connectivity index (χ0) is 11.8. The van der Waals surface area contributed by atoms with Gasteiger partial charge in [0, 0.05) is 5.56 Å².